The molecule has 0 aromatic carbocycles. The summed E-state index contributed by atoms with van der Waals surface area (Å²) in [5.41, 5.74) is -0.524. The molecule has 0 aliphatic heterocycles. The van der Waals surface area contributed by atoms with Crippen LogP contribution in [0.1, 0.15) is 20.8 Å². The summed E-state index contributed by atoms with van der Waals surface area (Å²) in [6.07, 6.45) is 2.84. The number of thiazole rings is 1. The molecule has 0 fully saturated rings. The number of aromatic nitrogens is 1. The van der Waals surface area contributed by atoms with Crippen molar-refractivity contribution in [2.75, 3.05) is 6.54 Å². The average molecular weight is 295 g/mol. The number of hydrogen-bond acceptors (Lipinski definition) is 4. The molecule has 0 unspecified atom stereocenters. The Kier molecular flexibility index (Phi) is 4.35. The molecule has 7 heteroatoms. The van der Waals surface area contributed by atoms with Crippen molar-refractivity contribution in [3.63, 3.8) is 0 Å². The maximum atomic E-state index is 12.4. The summed E-state index contributed by atoms with van der Waals surface area (Å²) in [6, 6.07) is 0. The molecule has 0 saturated carbocycles. The van der Waals surface area contributed by atoms with E-state index in [9.17, 15) is 8.42 Å². The first-order chi connectivity index (χ1) is 7.69. The molecule has 0 radical (unpaired) electrons. The molecule has 4 nitrogen and oxygen atoms in total. The monoisotopic (exact) mass is 294 g/mol. The van der Waals surface area contributed by atoms with Gasteiger partial charge in [0.25, 0.3) is 10.0 Å². The molecule has 0 N–H and O–H groups in total. The lowest BCUT2D eigenvalue weighted by Crippen LogP contribution is -2.45. The van der Waals surface area contributed by atoms with Crippen LogP contribution in [0.2, 0.25) is 4.47 Å². The van der Waals surface area contributed by atoms with Gasteiger partial charge in [0.1, 0.15) is 0 Å². The molecule has 0 spiro atoms. The van der Waals surface area contributed by atoms with Crippen molar-refractivity contribution in [2.45, 2.75) is 30.5 Å². The number of rotatable bonds is 4. The van der Waals surface area contributed by atoms with Gasteiger partial charge in [-0.3, -0.25) is 0 Å². The second kappa shape index (κ2) is 5.06. The zero-order chi connectivity index (χ0) is 13.3. The van der Waals surface area contributed by atoms with Crippen LogP contribution in [-0.2, 0) is 10.0 Å². The van der Waals surface area contributed by atoms with Crippen LogP contribution in [0, 0.1) is 0 Å². The summed E-state index contributed by atoms with van der Waals surface area (Å²) in [6.45, 7) is 9.32. The van der Waals surface area contributed by atoms with Gasteiger partial charge >= 0.3 is 0 Å². The van der Waals surface area contributed by atoms with Crippen molar-refractivity contribution in [2.24, 2.45) is 0 Å². The lowest BCUT2D eigenvalue weighted by Gasteiger charge is -2.32. The van der Waals surface area contributed by atoms with Crippen LogP contribution in [0.25, 0.3) is 0 Å². The Bertz CT molecular complexity index is 503. The highest BCUT2D eigenvalue weighted by molar-refractivity contribution is 7.91. The number of hydrogen-bond donors (Lipinski definition) is 0. The zero-order valence-corrected chi connectivity index (χ0v) is 12.4. The van der Waals surface area contributed by atoms with E-state index < -0.39 is 15.6 Å². The van der Waals surface area contributed by atoms with E-state index in [0.29, 0.717) is 0 Å². The van der Waals surface area contributed by atoms with E-state index in [2.05, 4.69) is 11.6 Å². The molecule has 0 bridgehead atoms. The maximum absolute atomic E-state index is 12.4. The van der Waals surface area contributed by atoms with Gasteiger partial charge in [-0.25, -0.2) is 13.4 Å². The van der Waals surface area contributed by atoms with E-state index in [1.165, 1.54) is 10.5 Å². The van der Waals surface area contributed by atoms with Gasteiger partial charge in [-0.2, -0.15) is 4.31 Å². The van der Waals surface area contributed by atoms with Crippen LogP contribution in [0.3, 0.4) is 0 Å². The fraction of sp³-hybridized carbons (Fsp3) is 0.500. The highest BCUT2D eigenvalue weighted by atomic mass is 35.5. The van der Waals surface area contributed by atoms with Gasteiger partial charge in [-0.05, 0) is 20.8 Å². The summed E-state index contributed by atoms with van der Waals surface area (Å²) < 4.78 is 26.5. The van der Waals surface area contributed by atoms with Crippen molar-refractivity contribution >= 4 is 33.0 Å². The van der Waals surface area contributed by atoms with Crippen LogP contribution in [0.5, 0.6) is 0 Å². The standard InChI is InChI=1S/C10H15ClN2O2S2/c1-5-6-13(10(2,3)4)17(14,15)8-7-12-9(11)16-8/h5,7H,1,6H2,2-4H3. The molecule has 1 aromatic rings. The Morgan fingerprint density at radius 3 is 2.53 bits per heavy atom. The molecule has 1 aromatic heterocycles. The second-order valence-corrected chi connectivity index (χ2v) is 8.13. The minimum atomic E-state index is -3.57. The Morgan fingerprint density at radius 2 is 2.18 bits per heavy atom. The van der Waals surface area contributed by atoms with Gasteiger partial charge in [0.15, 0.2) is 8.68 Å². The van der Waals surface area contributed by atoms with Gasteiger partial charge in [-0.1, -0.05) is 29.0 Å². The van der Waals surface area contributed by atoms with Crippen molar-refractivity contribution < 1.29 is 8.42 Å². The highest BCUT2D eigenvalue weighted by Crippen LogP contribution is 2.29. The van der Waals surface area contributed by atoms with E-state index in [1.54, 1.807) is 6.08 Å². The zero-order valence-electron chi connectivity index (χ0n) is 9.97. The van der Waals surface area contributed by atoms with Crippen molar-refractivity contribution in [3.8, 4) is 0 Å². The first kappa shape index (κ1) is 14.6. The number of sulfonamides is 1. The van der Waals surface area contributed by atoms with Gasteiger partial charge in [0, 0.05) is 12.1 Å². The molecule has 17 heavy (non-hydrogen) atoms. The average Bonchev–Trinajstić information content (AvgIpc) is 2.59. The maximum Gasteiger partial charge on any atom is 0.254 e. The Morgan fingerprint density at radius 1 is 1.59 bits per heavy atom. The molecule has 0 atom stereocenters. The van der Waals surface area contributed by atoms with Crippen LogP contribution >= 0.6 is 22.9 Å². The fourth-order valence-corrected chi connectivity index (χ4v) is 4.48. The topological polar surface area (TPSA) is 50.3 Å². The number of nitrogens with zero attached hydrogens (tertiary/aromatic N) is 2. The summed E-state index contributed by atoms with van der Waals surface area (Å²) in [7, 11) is -3.57. The number of halogens is 1. The Hall–Kier alpha value is -0.430. The molecular weight excluding hydrogens is 280 g/mol. The lowest BCUT2D eigenvalue weighted by molar-refractivity contribution is 0.270. The fourth-order valence-electron chi connectivity index (χ4n) is 1.32. The first-order valence-electron chi connectivity index (χ1n) is 4.94. The molecule has 1 heterocycles. The third-order valence-corrected chi connectivity index (χ3v) is 5.73. The van der Waals surface area contributed by atoms with Gasteiger partial charge in [-0.15, -0.1) is 6.58 Å². The molecule has 0 amide bonds. The lowest BCUT2D eigenvalue weighted by atomic mass is 10.1. The molecular formula is C10H15ClN2O2S2. The van der Waals surface area contributed by atoms with Crippen molar-refractivity contribution in [3.05, 3.63) is 23.3 Å². The smallest absolute Gasteiger partial charge is 0.232 e. The quantitative estimate of drug-likeness (QED) is 0.802. The van der Waals surface area contributed by atoms with Gasteiger partial charge < -0.3 is 0 Å². The normalized spacial score (nSPS) is 13.0. The summed E-state index contributed by atoms with van der Waals surface area (Å²) in [5, 5.41) is 0. The Balaban J connectivity index is 3.22. The van der Waals surface area contributed by atoms with Crippen LogP contribution in [-0.4, -0.2) is 29.8 Å². The van der Waals surface area contributed by atoms with E-state index >= 15 is 0 Å². The predicted octanol–water partition coefficient (Wildman–Crippen LogP) is 2.77. The van der Waals surface area contributed by atoms with Crippen LogP contribution < -0.4 is 0 Å². The molecule has 0 aliphatic carbocycles. The third kappa shape index (κ3) is 3.28. The van der Waals surface area contributed by atoms with Crippen molar-refractivity contribution in [1.29, 1.82) is 0 Å². The van der Waals surface area contributed by atoms with Gasteiger partial charge in [0.2, 0.25) is 0 Å². The third-order valence-electron chi connectivity index (χ3n) is 2.04. The second-order valence-electron chi connectivity index (χ2n) is 4.43. The minimum Gasteiger partial charge on any atom is -0.232 e. The van der Waals surface area contributed by atoms with Crippen LogP contribution in [0.4, 0.5) is 0 Å². The molecule has 96 valence electrons. The summed E-state index contributed by atoms with van der Waals surface area (Å²) in [4.78, 5) is 3.76. The molecule has 0 saturated heterocycles. The van der Waals surface area contributed by atoms with E-state index in [0.717, 1.165) is 11.3 Å². The highest BCUT2D eigenvalue weighted by Gasteiger charge is 2.34. The van der Waals surface area contributed by atoms with E-state index in [-0.39, 0.29) is 15.2 Å². The first-order valence-corrected chi connectivity index (χ1v) is 7.58. The van der Waals surface area contributed by atoms with E-state index in [1.807, 2.05) is 20.8 Å². The predicted molar refractivity (Wildman–Crippen MR) is 71.0 cm³/mol. The van der Waals surface area contributed by atoms with E-state index in [4.69, 9.17) is 11.6 Å². The van der Waals surface area contributed by atoms with Crippen molar-refractivity contribution in [1.82, 2.24) is 9.29 Å². The SMILES string of the molecule is C=CCN(C(C)(C)C)S(=O)(=O)c1cnc(Cl)s1. The van der Waals surface area contributed by atoms with Gasteiger partial charge in [0.05, 0.1) is 6.20 Å². The molecule has 0 aliphatic rings. The molecule has 1 rings (SSSR count). The largest absolute Gasteiger partial charge is 0.254 e. The summed E-state index contributed by atoms with van der Waals surface area (Å²) >= 11 is 6.62. The summed E-state index contributed by atoms with van der Waals surface area (Å²) in [5.74, 6) is 0. The minimum absolute atomic E-state index is 0.152. The Labute approximate surface area is 111 Å². The van der Waals surface area contributed by atoms with Crippen LogP contribution in [0.15, 0.2) is 23.1 Å².